The highest BCUT2D eigenvalue weighted by Crippen LogP contribution is 2.27. The summed E-state index contributed by atoms with van der Waals surface area (Å²) in [5.41, 5.74) is 0.308. The molecule has 0 heterocycles. The molecule has 0 aromatic heterocycles. The topological polar surface area (TPSA) is 66.8 Å². The third-order valence-electron chi connectivity index (χ3n) is 2.25. The Kier molecular flexibility index (Phi) is 5.04. The molecule has 0 fully saturated rings. The lowest BCUT2D eigenvalue weighted by Gasteiger charge is -2.18. The Balaban J connectivity index is 2.81. The second kappa shape index (κ2) is 6.09. The average molecular weight is 307 g/mol. The number of aliphatic hydroxyl groups is 2. The number of ether oxygens (including phenoxy) is 1. The smallest absolute Gasteiger partial charge is 0.308 e. The fourth-order valence-electron chi connectivity index (χ4n) is 1.31. The number of aliphatic hydroxyl groups excluding tert-OH is 2. The zero-order valence-corrected chi connectivity index (χ0v) is 10.6. The van der Waals surface area contributed by atoms with Crippen molar-refractivity contribution in [1.82, 2.24) is 0 Å². The number of hydrogen-bond donors (Lipinski definition) is 2. The van der Waals surface area contributed by atoms with E-state index < -0.39 is 24.0 Å². The Morgan fingerprint density at radius 2 is 2.18 bits per heavy atom. The fourth-order valence-corrected chi connectivity index (χ4v) is 1.90. The van der Waals surface area contributed by atoms with E-state index in [4.69, 9.17) is 0 Å². The van der Waals surface area contributed by atoms with Crippen LogP contribution < -0.4 is 0 Å². The van der Waals surface area contributed by atoms with Crippen molar-refractivity contribution >= 4 is 21.9 Å². The lowest BCUT2D eigenvalue weighted by Crippen LogP contribution is -2.22. The first-order valence-electron chi connectivity index (χ1n) is 4.83. The van der Waals surface area contributed by atoms with E-state index in [1.807, 2.05) is 0 Å². The summed E-state index contributed by atoms with van der Waals surface area (Å²) < 4.78 is 17.5. The molecule has 0 amide bonds. The third kappa shape index (κ3) is 3.76. The van der Waals surface area contributed by atoms with Gasteiger partial charge in [0.25, 0.3) is 0 Å². The lowest BCUT2D eigenvalue weighted by molar-refractivity contribution is -0.144. The number of methoxy groups -OCH3 is 1. The van der Waals surface area contributed by atoms with Crippen molar-refractivity contribution in [2.45, 2.75) is 18.6 Å². The van der Waals surface area contributed by atoms with E-state index in [1.165, 1.54) is 19.2 Å². The minimum atomic E-state index is -1.30. The Morgan fingerprint density at radius 1 is 1.53 bits per heavy atom. The minimum absolute atomic E-state index is 0.308. The number of benzene rings is 1. The molecule has 0 radical (unpaired) electrons. The summed E-state index contributed by atoms with van der Waals surface area (Å²) in [4.78, 5) is 10.9. The first kappa shape index (κ1) is 14.1. The van der Waals surface area contributed by atoms with Crippen molar-refractivity contribution in [3.05, 3.63) is 34.1 Å². The van der Waals surface area contributed by atoms with Gasteiger partial charge in [0.2, 0.25) is 0 Å². The molecule has 0 saturated carbocycles. The van der Waals surface area contributed by atoms with Gasteiger partial charge in [0.1, 0.15) is 11.9 Å². The summed E-state index contributed by atoms with van der Waals surface area (Å²) in [6.07, 6.45) is -2.92. The summed E-state index contributed by atoms with van der Waals surface area (Å²) in [5.74, 6) is -1.09. The number of esters is 1. The maximum Gasteiger partial charge on any atom is 0.308 e. The normalized spacial score (nSPS) is 14.2. The van der Waals surface area contributed by atoms with Gasteiger partial charge in [-0.05, 0) is 17.7 Å². The summed E-state index contributed by atoms with van der Waals surface area (Å²) >= 11 is 3.07. The molecular weight excluding hydrogens is 295 g/mol. The molecule has 0 saturated heterocycles. The van der Waals surface area contributed by atoms with Crippen molar-refractivity contribution in [2.24, 2.45) is 0 Å². The molecule has 0 aliphatic rings. The summed E-state index contributed by atoms with van der Waals surface area (Å²) in [7, 11) is 1.19. The first-order valence-corrected chi connectivity index (χ1v) is 5.63. The molecule has 2 atom stereocenters. The monoisotopic (exact) mass is 306 g/mol. The maximum atomic E-state index is 12.8. The zero-order valence-electron chi connectivity index (χ0n) is 9.06. The maximum absolute atomic E-state index is 12.8. The standard InChI is InChI=1S/C11H12BrFO4/c1-17-10(15)5-9(14)11(16)7-3-2-6(13)4-8(7)12/h2-4,9,11,14,16H,5H2,1H3. The van der Waals surface area contributed by atoms with E-state index in [9.17, 15) is 19.4 Å². The third-order valence-corrected chi connectivity index (χ3v) is 2.94. The van der Waals surface area contributed by atoms with Crippen LogP contribution in [0.15, 0.2) is 22.7 Å². The van der Waals surface area contributed by atoms with Crippen LogP contribution in [0.3, 0.4) is 0 Å². The van der Waals surface area contributed by atoms with Crippen LogP contribution in [-0.2, 0) is 9.53 Å². The van der Waals surface area contributed by atoms with Gasteiger partial charge in [-0.15, -0.1) is 0 Å². The average Bonchev–Trinajstić information content (AvgIpc) is 2.28. The predicted molar refractivity (Wildman–Crippen MR) is 61.7 cm³/mol. The Hall–Kier alpha value is -0.980. The number of halogens is 2. The van der Waals surface area contributed by atoms with Crippen LogP contribution in [-0.4, -0.2) is 29.4 Å². The zero-order chi connectivity index (χ0) is 13.0. The SMILES string of the molecule is COC(=O)CC(O)C(O)c1ccc(F)cc1Br. The molecule has 2 unspecified atom stereocenters. The molecule has 1 aromatic carbocycles. The van der Waals surface area contributed by atoms with E-state index in [1.54, 1.807) is 0 Å². The Morgan fingerprint density at radius 3 is 2.71 bits per heavy atom. The van der Waals surface area contributed by atoms with E-state index in [0.717, 1.165) is 6.07 Å². The van der Waals surface area contributed by atoms with Crippen molar-refractivity contribution < 1.29 is 24.1 Å². The summed E-state index contributed by atoms with van der Waals surface area (Å²) in [6, 6.07) is 3.67. The van der Waals surface area contributed by atoms with Gasteiger partial charge in [0, 0.05) is 4.47 Å². The van der Waals surface area contributed by atoms with Gasteiger partial charge < -0.3 is 14.9 Å². The van der Waals surface area contributed by atoms with Crippen LogP contribution >= 0.6 is 15.9 Å². The van der Waals surface area contributed by atoms with Crippen LogP contribution in [0.1, 0.15) is 18.1 Å². The Bertz CT molecular complexity index is 410. The molecule has 0 aliphatic carbocycles. The van der Waals surface area contributed by atoms with Gasteiger partial charge in [-0.25, -0.2) is 4.39 Å². The van der Waals surface area contributed by atoms with Crippen LogP contribution in [0, 0.1) is 5.82 Å². The molecule has 1 aromatic rings. The molecule has 1 rings (SSSR count). The molecule has 2 N–H and O–H groups in total. The summed E-state index contributed by atoms with van der Waals surface area (Å²) in [5, 5.41) is 19.4. The van der Waals surface area contributed by atoms with Gasteiger partial charge in [0.15, 0.2) is 0 Å². The van der Waals surface area contributed by atoms with E-state index in [-0.39, 0.29) is 6.42 Å². The van der Waals surface area contributed by atoms with Crippen molar-refractivity contribution in [3.8, 4) is 0 Å². The van der Waals surface area contributed by atoms with Crippen molar-refractivity contribution in [1.29, 1.82) is 0 Å². The molecule has 4 nitrogen and oxygen atoms in total. The van der Waals surface area contributed by atoms with Crippen LogP contribution in [0.2, 0.25) is 0 Å². The van der Waals surface area contributed by atoms with E-state index >= 15 is 0 Å². The molecule has 0 spiro atoms. The van der Waals surface area contributed by atoms with Crippen LogP contribution in [0.4, 0.5) is 4.39 Å². The van der Waals surface area contributed by atoms with Crippen LogP contribution in [0.5, 0.6) is 0 Å². The second-order valence-corrected chi connectivity index (χ2v) is 4.31. The number of carbonyl (C=O) groups excluding carboxylic acids is 1. The molecule has 0 aliphatic heterocycles. The van der Waals surface area contributed by atoms with Gasteiger partial charge in [-0.3, -0.25) is 4.79 Å². The number of carbonyl (C=O) groups is 1. The highest BCUT2D eigenvalue weighted by atomic mass is 79.9. The highest BCUT2D eigenvalue weighted by Gasteiger charge is 2.23. The first-order chi connectivity index (χ1) is 7.95. The second-order valence-electron chi connectivity index (χ2n) is 3.46. The van der Waals surface area contributed by atoms with Crippen LogP contribution in [0.25, 0.3) is 0 Å². The van der Waals surface area contributed by atoms with Gasteiger partial charge in [0.05, 0.1) is 19.6 Å². The summed E-state index contributed by atoms with van der Waals surface area (Å²) in [6.45, 7) is 0. The van der Waals surface area contributed by atoms with Crippen molar-refractivity contribution in [2.75, 3.05) is 7.11 Å². The highest BCUT2D eigenvalue weighted by molar-refractivity contribution is 9.10. The Labute approximate surface area is 106 Å². The number of hydrogen-bond acceptors (Lipinski definition) is 4. The van der Waals surface area contributed by atoms with Gasteiger partial charge in [-0.2, -0.15) is 0 Å². The quantitative estimate of drug-likeness (QED) is 0.828. The molecular formula is C11H12BrFO4. The molecule has 6 heteroatoms. The van der Waals surface area contributed by atoms with Crippen molar-refractivity contribution in [3.63, 3.8) is 0 Å². The lowest BCUT2D eigenvalue weighted by atomic mass is 10.0. The molecule has 94 valence electrons. The molecule has 17 heavy (non-hydrogen) atoms. The predicted octanol–water partition coefficient (Wildman–Crippen LogP) is 1.55. The van der Waals surface area contributed by atoms with Gasteiger partial charge in [-0.1, -0.05) is 22.0 Å². The largest absolute Gasteiger partial charge is 0.469 e. The van der Waals surface area contributed by atoms with E-state index in [2.05, 4.69) is 20.7 Å². The van der Waals surface area contributed by atoms with Gasteiger partial charge >= 0.3 is 5.97 Å². The minimum Gasteiger partial charge on any atom is -0.469 e. The van der Waals surface area contributed by atoms with E-state index in [0.29, 0.717) is 10.0 Å². The molecule has 0 bridgehead atoms. The fraction of sp³-hybridized carbons (Fsp3) is 0.364. The number of rotatable bonds is 4.